The van der Waals surface area contributed by atoms with E-state index >= 15 is 0 Å². The first-order valence-electron chi connectivity index (χ1n) is 7.90. The molecule has 0 saturated carbocycles. The number of benzene rings is 3. The van der Waals surface area contributed by atoms with Gasteiger partial charge in [-0.05, 0) is 29.8 Å². The molecule has 2 aromatic heterocycles. The highest BCUT2D eigenvalue weighted by Gasteiger charge is 2.08. The van der Waals surface area contributed by atoms with E-state index in [4.69, 9.17) is 0 Å². The molecular formula is C21H14N2S. The molecule has 0 fully saturated rings. The molecule has 0 unspecified atom stereocenters. The molecular weight excluding hydrogens is 312 g/mol. The highest BCUT2D eigenvalue weighted by Crippen LogP contribution is 2.36. The van der Waals surface area contributed by atoms with Crippen LogP contribution in [0.1, 0.15) is 0 Å². The van der Waals surface area contributed by atoms with E-state index in [1.165, 1.54) is 25.7 Å². The van der Waals surface area contributed by atoms with Crippen LogP contribution in [0.15, 0.2) is 85.2 Å². The molecule has 0 bridgehead atoms. The molecule has 24 heavy (non-hydrogen) atoms. The predicted molar refractivity (Wildman–Crippen MR) is 102 cm³/mol. The molecule has 114 valence electrons. The summed E-state index contributed by atoms with van der Waals surface area (Å²) < 4.78 is 4.58. The van der Waals surface area contributed by atoms with Gasteiger partial charge < -0.3 is 0 Å². The molecule has 3 aromatic carbocycles. The molecule has 0 aliphatic carbocycles. The van der Waals surface area contributed by atoms with Crippen LogP contribution in [0.4, 0.5) is 0 Å². The Kier molecular flexibility index (Phi) is 3.00. The van der Waals surface area contributed by atoms with Crippen LogP contribution in [0.3, 0.4) is 0 Å². The fourth-order valence-corrected chi connectivity index (χ4v) is 4.24. The number of hydrogen-bond donors (Lipinski definition) is 0. The van der Waals surface area contributed by atoms with Crippen molar-refractivity contribution in [1.29, 1.82) is 0 Å². The highest BCUT2D eigenvalue weighted by molar-refractivity contribution is 7.25. The van der Waals surface area contributed by atoms with Crippen molar-refractivity contribution < 1.29 is 0 Å². The number of thiophene rings is 1. The van der Waals surface area contributed by atoms with Crippen molar-refractivity contribution in [3.05, 3.63) is 85.2 Å². The largest absolute Gasteiger partial charge is 0.240 e. The number of rotatable bonds is 2. The lowest BCUT2D eigenvalue weighted by Crippen LogP contribution is -1.92. The summed E-state index contributed by atoms with van der Waals surface area (Å²) in [5.41, 5.74) is 3.42. The van der Waals surface area contributed by atoms with Gasteiger partial charge >= 0.3 is 0 Å². The Hall–Kier alpha value is -2.91. The van der Waals surface area contributed by atoms with Crippen molar-refractivity contribution in [2.45, 2.75) is 0 Å². The van der Waals surface area contributed by atoms with Crippen molar-refractivity contribution in [2.75, 3.05) is 0 Å². The Morgan fingerprint density at radius 1 is 0.708 bits per heavy atom. The van der Waals surface area contributed by atoms with E-state index < -0.39 is 0 Å². The van der Waals surface area contributed by atoms with Crippen molar-refractivity contribution in [2.24, 2.45) is 0 Å². The Balaban J connectivity index is 1.62. The van der Waals surface area contributed by atoms with Crippen LogP contribution in [0, 0.1) is 0 Å². The molecule has 0 amide bonds. The van der Waals surface area contributed by atoms with Gasteiger partial charge in [-0.2, -0.15) is 5.10 Å². The van der Waals surface area contributed by atoms with Crippen LogP contribution in [0.5, 0.6) is 0 Å². The second-order valence-electron chi connectivity index (χ2n) is 5.82. The maximum Gasteiger partial charge on any atom is 0.0645 e. The van der Waals surface area contributed by atoms with Gasteiger partial charge in [-0.3, -0.25) is 0 Å². The first kappa shape index (κ1) is 13.5. The van der Waals surface area contributed by atoms with Gasteiger partial charge in [-0.25, -0.2) is 4.68 Å². The zero-order chi connectivity index (χ0) is 15.9. The molecule has 2 heterocycles. The minimum Gasteiger partial charge on any atom is -0.240 e. The summed E-state index contributed by atoms with van der Waals surface area (Å²) in [4.78, 5) is 0. The third kappa shape index (κ3) is 2.14. The fourth-order valence-electron chi connectivity index (χ4n) is 3.10. The molecule has 5 aromatic rings. The Bertz CT molecular complexity index is 1150. The van der Waals surface area contributed by atoms with Crippen LogP contribution in [0.25, 0.3) is 37.0 Å². The standard InChI is InChI=1S/C21H14N2S/c1-2-6-17(7-3-1)23-14-16(13-22-23)15-10-11-19-18-8-4-5-9-20(18)24-21(19)12-15/h1-14H. The third-order valence-electron chi connectivity index (χ3n) is 4.32. The van der Waals surface area contributed by atoms with Gasteiger partial charge in [0, 0.05) is 31.9 Å². The summed E-state index contributed by atoms with van der Waals surface area (Å²) in [5, 5.41) is 7.17. The van der Waals surface area contributed by atoms with Crippen LogP contribution < -0.4 is 0 Å². The lowest BCUT2D eigenvalue weighted by atomic mass is 10.1. The fraction of sp³-hybridized carbons (Fsp3) is 0. The molecule has 0 aliphatic heterocycles. The van der Waals surface area contributed by atoms with Crippen molar-refractivity contribution in [3.63, 3.8) is 0 Å². The Morgan fingerprint density at radius 2 is 1.50 bits per heavy atom. The van der Waals surface area contributed by atoms with E-state index in [1.54, 1.807) is 0 Å². The van der Waals surface area contributed by atoms with Gasteiger partial charge in [0.1, 0.15) is 0 Å². The SMILES string of the molecule is c1ccc(-n2cc(-c3ccc4c(c3)sc3ccccc34)cn2)cc1. The second-order valence-corrected chi connectivity index (χ2v) is 6.90. The van der Waals surface area contributed by atoms with Crippen LogP contribution in [-0.4, -0.2) is 9.78 Å². The smallest absolute Gasteiger partial charge is 0.0645 e. The van der Waals surface area contributed by atoms with Gasteiger partial charge in [0.05, 0.1) is 11.9 Å². The van der Waals surface area contributed by atoms with Crippen LogP contribution in [0.2, 0.25) is 0 Å². The van der Waals surface area contributed by atoms with E-state index in [-0.39, 0.29) is 0 Å². The molecule has 0 spiro atoms. The minimum absolute atomic E-state index is 1.08. The highest BCUT2D eigenvalue weighted by atomic mass is 32.1. The maximum atomic E-state index is 4.51. The van der Waals surface area contributed by atoms with Crippen molar-refractivity contribution in [3.8, 4) is 16.8 Å². The average Bonchev–Trinajstić information content (AvgIpc) is 3.27. The van der Waals surface area contributed by atoms with Gasteiger partial charge in [0.25, 0.3) is 0 Å². The summed E-state index contributed by atoms with van der Waals surface area (Å²) in [6, 6.07) is 25.5. The Morgan fingerprint density at radius 3 is 2.42 bits per heavy atom. The molecule has 2 nitrogen and oxygen atoms in total. The number of fused-ring (bicyclic) bond motifs is 3. The van der Waals surface area contributed by atoms with Crippen LogP contribution in [-0.2, 0) is 0 Å². The first-order chi connectivity index (χ1) is 11.9. The van der Waals surface area contributed by atoms with E-state index in [1.807, 2.05) is 40.4 Å². The quantitative estimate of drug-likeness (QED) is 0.394. The molecule has 0 saturated heterocycles. The van der Waals surface area contributed by atoms with Crippen LogP contribution >= 0.6 is 11.3 Å². The van der Waals surface area contributed by atoms with E-state index in [2.05, 4.69) is 65.9 Å². The molecule has 5 rings (SSSR count). The molecule has 0 N–H and O–H groups in total. The topological polar surface area (TPSA) is 17.8 Å². The number of aromatic nitrogens is 2. The number of nitrogens with zero attached hydrogens (tertiary/aromatic N) is 2. The average molecular weight is 326 g/mol. The predicted octanol–water partition coefficient (Wildman–Crippen LogP) is 5.91. The summed E-state index contributed by atoms with van der Waals surface area (Å²) >= 11 is 1.85. The molecule has 3 heteroatoms. The molecule has 0 atom stereocenters. The molecule has 0 aliphatic rings. The minimum atomic E-state index is 1.08. The first-order valence-corrected chi connectivity index (χ1v) is 8.72. The van der Waals surface area contributed by atoms with Gasteiger partial charge in [0.2, 0.25) is 0 Å². The van der Waals surface area contributed by atoms with Gasteiger partial charge in [0.15, 0.2) is 0 Å². The summed E-state index contributed by atoms with van der Waals surface area (Å²) in [6.07, 6.45) is 4.02. The normalized spacial score (nSPS) is 11.3. The van der Waals surface area contributed by atoms with Crippen molar-refractivity contribution in [1.82, 2.24) is 9.78 Å². The van der Waals surface area contributed by atoms with E-state index in [0.29, 0.717) is 0 Å². The second kappa shape index (κ2) is 5.32. The third-order valence-corrected chi connectivity index (χ3v) is 5.45. The zero-order valence-corrected chi connectivity index (χ0v) is 13.7. The van der Waals surface area contributed by atoms with Gasteiger partial charge in [-0.1, -0.05) is 48.5 Å². The maximum absolute atomic E-state index is 4.51. The summed E-state index contributed by atoms with van der Waals surface area (Å²) in [7, 11) is 0. The van der Waals surface area contributed by atoms with E-state index in [9.17, 15) is 0 Å². The number of hydrogen-bond acceptors (Lipinski definition) is 2. The Labute approximate surface area is 143 Å². The lowest BCUT2D eigenvalue weighted by molar-refractivity contribution is 0.881. The number of para-hydroxylation sites is 1. The monoisotopic (exact) mass is 326 g/mol. The van der Waals surface area contributed by atoms with Crippen molar-refractivity contribution >= 4 is 31.5 Å². The summed E-state index contributed by atoms with van der Waals surface area (Å²) in [6.45, 7) is 0. The zero-order valence-electron chi connectivity index (χ0n) is 12.9. The van der Waals surface area contributed by atoms with Gasteiger partial charge in [-0.15, -0.1) is 11.3 Å². The molecule has 0 radical (unpaired) electrons. The summed E-state index contributed by atoms with van der Waals surface area (Å²) in [5.74, 6) is 0. The van der Waals surface area contributed by atoms with E-state index in [0.717, 1.165) is 11.3 Å². The lowest BCUT2D eigenvalue weighted by Gasteiger charge is -2.00.